The summed E-state index contributed by atoms with van der Waals surface area (Å²) in [7, 11) is 0. The van der Waals surface area contributed by atoms with E-state index in [2.05, 4.69) is 27.6 Å². The lowest BCUT2D eigenvalue weighted by molar-refractivity contribution is -0.392. The van der Waals surface area contributed by atoms with Gasteiger partial charge in [-0.2, -0.15) is 4.98 Å². The fourth-order valence-corrected chi connectivity index (χ4v) is 2.93. The second-order valence-electron chi connectivity index (χ2n) is 5.29. The maximum atomic E-state index is 11.9. The van der Waals surface area contributed by atoms with Crippen molar-refractivity contribution < 1.29 is 30.3 Å². The Labute approximate surface area is 138 Å². The molecule has 3 rings (SSSR count). The fraction of sp³-hybridized carbons (Fsp3) is 0.545. The summed E-state index contributed by atoms with van der Waals surface area (Å²) in [5, 5.41) is 49.6. The average molecular weight is 361 g/mol. The molecule has 13 heteroatoms. The van der Waals surface area contributed by atoms with E-state index >= 15 is 0 Å². The molecule has 2 aromatic heterocycles. The number of hydrogen-bond donors (Lipinski definition) is 8. The predicted molar refractivity (Wildman–Crippen MR) is 80.0 cm³/mol. The van der Waals surface area contributed by atoms with Crippen LogP contribution in [0.5, 0.6) is 0 Å². The second-order valence-corrected chi connectivity index (χ2v) is 5.69. The molecular weight excluding hydrogens is 346 g/mol. The van der Waals surface area contributed by atoms with Crippen LogP contribution in [0.15, 0.2) is 9.95 Å². The van der Waals surface area contributed by atoms with Gasteiger partial charge in [-0.3, -0.25) is 9.78 Å². The van der Waals surface area contributed by atoms with Crippen LogP contribution in [-0.4, -0.2) is 76.1 Å². The molecule has 0 saturated carbocycles. The van der Waals surface area contributed by atoms with Gasteiger partial charge >= 0.3 is 0 Å². The van der Waals surface area contributed by atoms with Crippen LogP contribution in [0.25, 0.3) is 11.2 Å². The van der Waals surface area contributed by atoms with Gasteiger partial charge < -0.3 is 36.0 Å². The summed E-state index contributed by atoms with van der Waals surface area (Å²) >= 11 is 4.01. The largest absolute Gasteiger partial charge is 0.394 e. The van der Waals surface area contributed by atoms with Gasteiger partial charge in [0.1, 0.15) is 18.3 Å². The number of nitrogens with two attached hydrogens (primary N) is 1. The predicted octanol–water partition coefficient (Wildman–Crippen LogP) is -3.93. The van der Waals surface area contributed by atoms with Crippen LogP contribution in [0.3, 0.4) is 0 Å². The van der Waals surface area contributed by atoms with E-state index in [0.717, 1.165) is 4.57 Å². The van der Waals surface area contributed by atoms with Crippen LogP contribution < -0.4 is 11.3 Å². The normalized spacial score (nSPS) is 33.9. The molecular formula is C11H15N5O7S. The minimum absolute atomic E-state index is 0.250. The van der Waals surface area contributed by atoms with Crippen molar-refractivity contribution in [2.24, 2.45) is 0 Å². The van der Waals surface area contributed by atoms with E-state index in [1.807, 2.05) is 0 Å². The first-order valence-corrected chi connectivity index (χ1v) is 7.18. The van der Waals surface area contributed by atoms with Crippen LogP contribution in [0.1, 0.15) is 0 Å². The smallest absolute Gasteiger partial charge is 0.287 e. The number of aromatic amines is 1. The first-order valence-electron chi connectivity index (χ1n) is 6.73. The van der Waals surface area contributed by atoms with Gasteiger partial charge in [-0.15, -0.1) is 12.6 Å². The van der Waals surface area contributed by atoms with E-state index in [4.69, 9.17) is 10.5 Å². The van der Waals surface area contributed by atoms with Gasteiger partial charge in [0, 0.05) is 0 Å². The van der Waals surface area contributed by atoms with Gasteiger partial charge in [0.25, 0.3) is 11.5 Å². The van der Waals surface area contributed by atoms with Crippen LogP contribution in [0.2, 0.25) is 0 Å². The Morgan fingerprint density at radius 1 is 1.33 bits per heavy atom. The minimum atomic E-state index is -2.72. The first-order chi connectivity index (χ1) is 11.2. The number of aliphatic hydroxyl groups excluding tert-OH is 4. The molecule has 1 saturated heterocycles. The van der Waals surface area contributed by atoms with Gasteiger partial charge in [0.15, 0.2) is 22.4 Å². The molecule has 0 aliphatic carbocycles. The van der Waals surface area contributed by atoms with E-state index in [1.165, 1.54) is 0 Å². The molecule has 132 valence electrons. The second kappa shape index (κ2) is 5.66. The molecule has 12 nitrogen and oxygen atoms in total. The van der Waals surface area contributed by atoms with Crippen LogP contribution in [0, 0.1) is 0 Å². The third-order valence-electron chi connectivity index (χ3n) is 3.78. The summed E-state index contributed by atoms with van der Waals surface area (Å²) in [5.41, 5.74) is 4.22. The molecule has 24 heavy (non-hydrogen) atoms. The fourth-order valence-electron chi connectivity index (χ4n) is 2.59. The number of thiol groups is 1. The number of nitrogen functional groups attached to an aromatic ring is 1. The third kappa shape index (κ3) is 2.29. The van der Waals surface area contributed by atoms with E-state index in [-0.39, 0.29) is 22.3 Å². The van der Waals surface area contributed by atoms with Crippen LogP contribution in [-0.2, 0) is 10.6 Å². The Hall–Kier alpha value is -1.74. The zero-order chi connectivity index (χ0) is 17.8. The van der Waals surface area contributed by atoms with Gasteiger partial charge in [0.2, 0.25) is 5.95 Å². The molecule has 0 unspecified atom stereocenters. The zero-order valence-corrected chi connectivity index (χ0v) is 12.8. The lowest BCUT2D eigenvalue weighted by Gasteiger charge is -2.45. The van der Waals surface area contributed by atoms with Crippen molar-refractivity contribution in [1.82, 2.24) is 19.5 Å². The first kappa shape index (κ1) is 17.1. The number of imidazole rings is 1. The number of nitrogens with zero attached hydrogens (tertiary/aromatic N) is 3. The lowest BCUT2D eigenvalue weighted by atomic mass is 9.96. The van der Waals surface area contributed by atoms with Crippen LogP contribution >= 0.6 is 12.6 Å². The van der Waals surface area contributed by atoms with Crippen molar-refractivity contribution >= 4 is 29.7 Å². The van der Waals surface area contributed by atoms with E-state index in [0.29, 0.717) is 0 Å². The molecule has 5 atom stereocenters. The monoisotopic (exact) mass is 361 g/mol. The van der Waals surface area contributed by atoms with Crippen molar-refractivity contribution in [1.29, 1.82) is 0 Å². The van der Waals surface area contributed by atoms with Gasteiger partial charge in [-0.05, 0) is 0 Å². The van der Waals surface area contributed by atoms with Crippen molar-refractivity contribution in [2.45, 2.75) is 35.5 Å². The average Bonchev–Trinajstić information content (AvgIpc) is 2.86. The molecule has 1 aliphatic heterocycles. The maximum absolute atomic E-state index is 11.9. The quantitative estimate of drug-likeness (QED) is 0.244. The summed E-state index contributed by atoms with van der Waals surface area (Å²) < 4.78 is 5.89. The van der Waals surface area contributed by atoms with Gasteiger partial charge in [-0.1, -0.05) is 0 Å². The Balaban J connectivity index is 2.25. The minimum Gasteiger partial charge on any atom is -0.394 e. The molecule has 0 amide bonds. The highest BCUT2D eigenvalue weighted by molar-refractivity contribution is 7.80. The molecule has 0 aromatic carbocycles. The number of aliphatic hydroxyl groups is 5. The summed E-state index contributed by atoms with van der Waals surface area (Å²) in [6.07, 6.45) is -7.03. The Morgan fingerprint density at radius 2 is 2.00 bits per heavy atom. The summed E-state index contributed by atoms with van der Waals surface area (Å²) in [4.78, 5) is 21.7. The summed E-state index contributed by atoms with van der Waals surface area (Å²) in [6, 6.07) is 0. The number of anilines is 1. The van der Waals surface area contributed by atoms with Gasteiger partial charge in [0.05, 0.1) is 6.61 Å². The van der Waals surface area contributed by atoms with Crippen molar-refractivity contribution in [3.63, 3.8) is 0 Å². The maximum Gasteiger partial charge on any atom is 0.287 e. The van der Waals surface area contributed by atoms with E-state index in [1.54, 1.807) is 0 Å². The highest BCUT2D eigenvalue weighted by Gasteiger charge is 2.55. The van der Waals surface area contributed by atoms with Crippen molar-refractivity contribution in [3.05, 3.63) is 10.4 Å². The SMILES string of the molecule is Nc1nc2c(nc(S)n2[C@@]2(O)O[C@H](CO)[C@@H](O)[C@H](O)[C@H]2O)c(=O)[nH]1. The number of aromatic nitrogens is 4. The molecule has 0 radical (unpaired) electrons. The lowest BCUT2D eigenvalue weighted by Crippen LogP contribution is -2.65. The molecule has 3 heterocycles. The number of H-pyrrole nitrogens is 1. The highest BCUT2D eigenvalue weighted by Crippen LogP contribution is 2.35. The Kier molecular flexibility index (Phi) is 4.03. The highest BCUT2D eigenvalue weighted by atomic mass is 32.1. The Morgan fingerprint density at radius 3 is 2.62 bits per heavy atom. The standard InChI is InChI=1S/C11H15N5O7S/c12-9-14-7-3(8(21)15-9)13-10(24)16(7)11(22)6(20)5(19)4(18)2(1-17)23-11/h2,4-6,17-20,22H,1H2,(H,13,24)(H3,12,14,15,21)/t2-,4-,5+,6-,11+/m1/s1. The topological polar surface area (TPSA) is 200 Å². The number of hydrogen-bond acceptors (Lipinski definition) is 11. The van der Waals surface area contributed by atoms with E-state index in [9.17, 15) is 30.3 Å². The van der Waals surface area contributed by atoms with Crippen molar-refractivity contribution in [3.8, 4) is 0 Å². The molecule has 2 aromatic rings. The Bertz CT molecular complexity index is 838. The van der Waals surface area contributed by atoms with E-state index < -0.39 is 42.5 Å². The van der Waals surface area contributed by atoms with Gasteiger partial charge in [-0.25, -0.2) is 9.55 Å². The zero-order valence-electron chi connectivity index (χ0n) is 11.9. The number of fused-ring (bicyclic) bond motifs is 1. The number of rotatable bonds is 2. The van der Waals surface area contributed by atoms with Crippen LogP contribution in [0.4, 0.5) is 5.95 Å². The third-order valence-corrected chi connectivity index (χ3v) is 4.08. The molecule has 1 fully saturated rings. The summed E-state index contributed by atoms with van der Waals surface area (Å²) in [6.45, 7) is -0.766. The molecule has 0 bridgehead atoms. The van der Waals surface area contributed by atoms with Crippen molar-refractivity contribution in [2.75, 3.05) is 12.3 Å². The molecule has 1 aliphatic rings. The summed E-state index contributed by atoms with van der Waals surface area (Å²) in [5.74, 6) is -3.01. The number of ether oxygens (including phenoxy) is 1. The molecule has 0 spiro atoms. The number of nitrogens with one attached hydrogen (secondary N) is 1. The molecule has 8 N–H and O–H groups in total.